The van der Waals surface area contributed by atoms with Gasteiger partial charge in [0.15, 0.2) is 4.21 Å². The third-order valence-corrected chi connectivity index (χ3v) is 7.51. The summed E-state index contributed by atoms with van der Waals surface area (Å²) in [5.41, 5.74) is 0. The first kappa shape index (κ1) is 17.7. The summed E-state index contributed by atoms with van der Waals surface area (Å²) in [6.07, 6.45) is 3.62. The minimum atomic E-state index is -3.59. The van der Waals surface area contributed by atoms with Gasteiger partial charge < -0.3 is 9.84 Å². The van der Waals surface area contributed by atoms with E-state index in [1.807, 2.05) is 4.90 Å². The first-order valence-electron chi connectivity index (χ1n) is 7.98. The molecule has 1 aromatic heterocycles. The first-order chi connectivity index (χ1) is 11.4. The molecule has 2 aliphatic carbocycles. The van der Waals surface area contributed by atoms with Gasteiger partial charge in [-0.1, -0.05) is 0 Å². The second-order valence-corrected chi connectivity index (χ2v) is 9.31. The highest BCUT2D eigenvalue weighted by Crippen LogP contribution is 2.35. The largest absolute Gasteiger partial charge is 0.494 e. The Bertz CT molecular complexity index is 692. The number of methoxy groups -OCH3 is 1. The first-order valence-corrected chi connectivity index (χ1v) is 10.3. The average molecular weight is 374 g/mol. The molecule has 24 heavy (non-hydrogen) atoms. The lowest BCUT2D eigenvalue weighted by atomic mass is 9.86. The lowest BCUT2D eigenvalue weighted by Gasteiger charge is -2.42. The van der Waals surface area contributed by atoms with Gasteiger partial charge in [-0.15, -0.1) is 11.3 Å². The fraction of sp³-hybridized carbons (Fsp3) is 0.667. The van der Waals surface area contributed by atoms with E-state index >= 15 is 0 Å². The molecule has 0 aliphatic heterocycles. The second kappa shape index (κ2) is 6.99. The van der Waals surface area contributed by atoms with Crippen molar-refractivity contribution < 1.29 is 23.1 Å². The summed E-state index contributed by atoms with van der Waals surface area (Å²) in [5, 5.41) is 10.7. The molecule has 0 amide bonds. The van der Waals surface area contributed by atoms with Crippen molar-refractivity contribution in [3.05, 3.63) is 11.4 Å². The minimum absolute atomic E-state index is 0.0272. The molecular formula is C15H22N2O5S2. The summed E-state index contributed by atoms with van der Waals surface area (Å²) in [6.45, 7) is 0.828. The van der Waals surface area contributed by atoms with E-state index in [0.29, 0.717) is 24.5 Å². The monoisotopic (exact) mass is 374 g/mol. The topological polar surface area (TPSA) is 95.9 Å². The molecule has 0 spiro atoms. The Morgan fingerprint density at radius 1 is 1.46 bits per heavy atom. The van der Waals surface area contributed by atoms with Gasteiger partial charge in [-0.3, -0.25) is 9.69 Å². The maximum absolute atomic E-state index is 12.4. The van der Waals surface area contributed by atoms with E-state index < -0.39 is 16.0 Å². The van der Waals surface area contributed by atoms with Gasteiger partial charge in [0.05, 0.1) is 13.7 Å². The lowest BCUT2D eigenvalue weighted by Crippen LogP contribution is -2.55. The van der Waals surface area contributed by atoms with Crippen LogP contribution in [0.25, 0.3) is 0 Å². The average Bonchev–Trinajstić information content (AvgIpc) is 3.13. The molecule has 9 heteroatoms. The summed E-state index contributed by atoms with van der Waals surface area (Å²) in [7, 11) is -2.15. The van der Waals surface area contributed by atoms with Crippen molar-refractivity contribution >= 4 is 27.3 Å². The highest BCUT2D eigenvalue weighted by Gasteiger charge is 2.39. The zero-order valence-corrected chi connectivity index (χ0v) is 15.1. The summed E-state index contributed by atoms with van der Waals surface area (Å²) in [4.78, 5) is 13.0. The maximum atomic E-state index is 12.4. The third-order valence-electron chi connectivity index (χ3n) is 4.54. The van der Waals surface area contributed by atoms with Gasteiger partial charge in [-0.05, 0) is 43.0 Å². The van der Waals surface area contributed by atoms with Crippen LogP contribution in [0.15, 0.2) is 15.7 Å². The number of rotatable bonds is 9. The van der Waals surface area contributed by atoms with Crippen LogP contribution in [0.3, 0.4) is 0 Å². The molecule has 0 bridgehead atoms. The number of aliphatic carboxylic acids is 1. The maximum Gasteiger partial charge on any atom is 0.317 e. The van der Waals surface area contributed by atoms with Crippen LogP contribution in [0.5, 0.6) is 5.75 Å². The number of nitrogens with one attached hydrogen (secondary N) is 1. The van der Waals surface area contributed by atoms with Crippen molar-refractivity contribution in [2.45, 2.75) is 42.0 Å². The van der Waals surface area contributed by atoms with E-state index in [1.165, 1.54) is 7.11 Å². The Hall–Kier alpha value is -1.16. The van der Waals surface area contributed by atoms with Gasteiger partial charge in [0.1, 0.15) is 5.75 Å². The van der Waals surface area contributed by atoms with Crippen LogP contribution in [0.4, 0.5) is 0 Å². The molecule has 1 aromatic rings. The van der Waals surface area contributed by atoms with Gasteiger partial charge in [0, 0.05) is 18.6 Å². The van der Waals surface area contributed by atoms with Crippen molar-refractivity contribution in [2.24, 2.45) is 5.92 Å². The Balaban J connectivity index is 1.56. The Morgan fingerprint density at radius 2 is 2.17 bits per heavy atom. The van der Waals surface area contributed by atoms with Crippen LogP contribution in [-0.4, -0.2) is 56.7 Å². The van der Waals surface area contributed by atoms with Gasteiger partial charge in [-0.25, -0.2) is 13.1 Å². The van der Waals surface area contributed by atoms with E-state index in [1.54, 1.807) is 11.4 Å². The van der Waals surface area contributed by atoms with Gasteiger partial charge in [-0.2, -0.15) is 0 Å². The van der Waals surface area contributed by atoms with Gasteiger partial charge in [0.2, 0.25) is 0 Å². The van der Waals surface area contributed by atoms with E-state index in [-0.39, 0.29) is 22.8 Å². The number of ether oxygens (including phenoxy) is 1. The van der Waals surface area contributed by atoms with E-state index in [9.17, 15) is 13.2 Å². The minimum Gasteiger partial charge on any atom is -0.494 e. The molecule has 0 unspecified atom stereocenters. The highest BCUT2D eigenvalue weighted by molar-refractivity contribution is 7.91. The van der Waals surface area contributed by atoms with E-state index in [0.717, 1.165) is 30.7 Å². The summed E-state index contributed by atoms with van der Waals surface area (Å²) < 4.78 is 32.8. The van der Waals surface area contributed by atoms with Crippen LogP contribution in [0.1, 0.15) is 25.7 Å². The Kier molecular flexibility index (Phi) is 5.14. The quantitative estimate of drug-likeness (QED) is 0.678. The number of hydrogen-bond donors (Lipinski definition) is 2. The Labute approximate surface area is 145 Å². The van der Waals surface area contributed by atoms with Gasteiger partial charge in [0.25, 0.3) is 10.0 Å². The second-order valence-electron chi connectivity index (χ2n) is 6.49. The molecule has 1 heterocycles. The SMILES string of the molecule is COc1ccsc1S(=O)(=O)NC1CC(N(CC(=O)O)CC2CC2)C1. The number of carbonyl (C=O) groups is 1. The molecule has 2 N–H and O–H groups in total. The van der Waals surface area contributed by atoms with Crippen LogP contribution < -0.4 is 9.46 Å². The molecule has 0 radical (unpaired) electrons. The van der Waals surface area contributed by atoms with Crippen molar-refractivity contribution in [3.8, 4) is 5.75 Å². The van der Waals surface area contributed by atoms with Crippen LogP contribution in [-0.2, 0) is 14.8 Å². The Morgan fingerprint density at radius 3 is 2.75 bits per heavy atom. The number of thiophene rings is 1. The molecule has 0 saturated heterocycles. The van der Waals surface area contributed by atoms with E-state index in [2.05, 4.69) is 4.72 Å². The lowest BCUT2D eigenvalue weighted by molar-refractivity contribution is -0.139. The predicted molar refractivity (Wildman–Crippen MR) is 89.9 cm³/mol. The molecule has 2 saturated carbocycles. The van der Waals surface area contributed by atoms with Crippen molar-refractivity contribution in [3.63, 3.8) is 0 Å². The smallest absolute Gasteiger partial charge is 0.317 e. The number of hydrogen-bond acceptors (Lipinski definition) is 6. The van der Waals surface area contributed by atoms with Crippen LogP contribution in [0.2, 0.25) is 0 Å². The third kappa shape index (κ3) is 4.08. The van der Waals surface area contributed by atoms with Crippen molar-refractivity contribution in [1.82, 2.24) is 9.62 Å². The van der Waals surface area contributed by atoms with E-state index in [4.69, 9.17) is 9.84 Å². The molecule has 3 rings (SSSR count). The zero-order valence-electron chi connectivity index (χ0n) is 13.5. The fourth-order valence-electron chi connectivity index (χ4n) is 3.03. The molecule has 2 aliphatic rings. The molecule has 7 nitrogen and oxygen atoms in total. The van der Waals surface area contributed by atoms with Crippen LogP contribution >= 0.6 is 11.3 Å². The summed E-state index contributed by atoms with van der Waals surface area (Å²) in [6, 6.07) is 1.62. The zero-order chi connectivity index (χ0) is 17.3. The van der Waals surface area contributed by atoms with Gasteiger partial charge >= 0.3 is 5.97 Å². The number of carboxylic acid groups (broad SMARTS) is 1. The number of nitrogens with zero attached hydrogens (tertiary/aromatic N) is 1. The molecule has 2 fully saturated rings. The molecule has 0 aromatic carbocycles. The number of sulfonamides is 1. The fourth-order valence-corrected chi connectivity index (χ4v) is 5.59. The van der Waals surface area contributed by atoms with Crippen molar-refractivity contribution in [2.75, 3.05) is 20.2 Å². The highest BCUT2D eigenvalue weighted by atomic mass is 32.2. The standard InChI is InChI=1S/C15H22N2O5S2/c1-22-13-4-5-23-15(13)24(20,21)16-11-6-12(7-11)17(9-14(18)19)8-10-2-3-10/h4-5,10-12,16H,2-3,6-9H2,1H3,(H,18,19). The summed E-state index contributed by atoms with van der Waals surface area (Å²) >= 11 is 1.13. The molecule has 0 atom stereocenters. The normalized spacial score (nSPS) is 23.9. The molecular weight excluding hydrogens is 352 g/mol. The summed E-state index contributed by atoms with van der Waals surface area (Å²) in [5.74, 6) is 0.128. The van der Waals surface area contributed by atoms with Crippen molar-refractivity contribution in [1.29, 1.82) is 0 Å². The van der Waals surface area contributed by atoms with Crippen LogP contribution in [0, 0.1) is 5.92 Å². The predicted octanol–water partition coefficient (Wildman–Crippen LogP) is 1.36. The molecule has 134 valence electrons. The number of carboxylic acids is 1.